The fourth-order valence-electron chi connectivity index (χ4n) is 7.46. The largest absolute Gasteiger partial charge is 0.338 e. The number of piperidine rings is 3. The number of rotatable bonds is 7. The Kier molecular flexibility index (Phi) is 7.93. The molecule has 1 aromatic heterocycles. The number of aromatic nitrogens is 2. The van der Waals surface area contributed by atoms with Gasteiger partial charge in [-0.15, -0.1) is 0 Å². The van der Waals surface area contributed by atoms with Gasteiger partial charge in [0.25, 0.3) is 5.91 Å². The molecule has 1 spiro atoms. The molecule has 212 valence electrons. The molecule has 3 aliphatic heterocycles. The first-order chi connectivity index (χ1) is 18.1. The Hall–Kier alpha value is -1.58. The summed E-state index contributed by atoms with van der Waals surface area (Å²) in [6.07, 6.45) is 12.0. The van der Waals surface area contributed by atoms with Gasteiger partial charge in [0.05, 0.1) is 22.2 Å². The maximum absolute atomic E-state index is 13.3. The zero-order valence-corrected chi connectivity index (χ0v) is 24.7. The number of carbonyl (C=O) groups is 1. The summed E-state index contributed by atoms with van der Waals surface area (Å²) in [6.45, 7) is 13.5. The molecule has 4 aliphatic rings. The van der Waals surface area contributed by atoms with Gasteiger partial charge in [0.1, 0.15) is 6.33 Å². The van der Waals surface area contributed by atoms with Crippen LogP contribution in [0.5, 0.6) is 0 Å². The van der Waals surface area contributed by atoms with Crippen LogP contribution in [0.1, 0.15) is 99.8 Å². The number of sulfonamides is 1. The Bertz CT molecular complexity index is 1100. The van der Waals surface area contributed by atoms with E-state index in [4.69, 9.17) is 0 Å². The van der Waals surface area contributed by atoms with E-state index < -0.39 is 10.0 Å². The first kappa shape index (κ1) is 28.0. The van der Waals surface area contributed by atoms with Gasteiger partial charge in [-0.2, -0.15) is 0 Å². The highest BCUT2D eigenvalue weighted by Gasteiger charge is 2.50. The van der Waals surface area contributed by atoms with Crippen LogP contribution in [-0.2, 0) is 10.0 Å². The first-order valence-corrected chi connectivity index (χ1v) is 16.4. The highest BCUT2D eigenvalue weighted by molar-refractivity contribution is 7.90. The summed E-state index contributed by atoms with van der Waals surface area (Å²) in [5.41, 5.74) is 2.54. The highest BCUT2D eigenvalue weighted by Crippen LogP contribution is 2.50. The maximum Gasteiger partial charge on any atom is 0.257 e. The highest BCUT2D eigenvalue weighted by atomic mass is 32.2. The predicted molar refractivity (Wildman–Crippen MR) is 149 cm³/mol. The van der Waals surface area contributed by atoms with E-state index >= 15 is 0 Å². The van der Waals surface area contributed by atoms with Crippen molar-refractivity contribution in [2.75, 3.05) is 39.3 Å². The summed E-state index contributed by atoms with van der Waals surface area (Å²) in [4.78, 5) is 26.5. The summed E-state index contributed by atoms with van der Waals surface area (Å²) in [5, 5.41) is -0.106. The standard InChI is InChI=1S/C29H47N5O3S/c1-5-6-7-24-20-34(38(36,37)25-8-9-25)19-14-29(24)12-17-33(18-13-29)28(4)10-15-32(16-11-28)27(35)26-22(2)30-21-31-23(26)3/h21,24-25H,5-20H2,1-4H3. The number of carbonyl (C=O) groups excluding carboxylic acids is 1. The van der Waals surface area contributed by atoms with Crippen LogP contribution in [0.15, 0.2) is 6.33 Å². The average Bonchev–Trinajstić information content (AvgIpc) is 3.75. The lowest BCUT2D eigenvalue weighted by atomic mass is 9.63. The van der Waals surface area contributed by atoms with Crippen molar-refractivity contribution in [1.29, 1.82) is 0 Å². The van der Waals surface area contributed by atoms with E-state index in [-0.39, 0.29) is 22.1 Å². The zero-order valence-electron chi connectivity index (χ0n) is 23.9. The molecular weight excluding hydrogens is 498 g/mol. The summed E-state index contributed by atoms with van der Waals surface area (Å²) < 4.78 is 27.9. The number of likely N-dealkylation sites (tertiary alicyclic amines) is 2. The van der Waals surface area contributed by atoms with Gasteiger partial charge in [0.15, 0.2) is 0 Å². The molecule has 0 N–H and O–H groups in total. The van der Waals surface area contributed by atoms with Crippen molar-refractivity contribution in [2.24, 2.45) is 11.3 Å². The van der Waals surface area contributed by atoms with Crippen LogP contribution in [-0.4, -0.2) is 88.5 Å². The third-order valence-electron chi connectivity index (χ3n) is 10.5. The Balaban J connectivity index is 1.21. The van der Waals surface area contributed by atoms with Gasteiger partial charge < -0.3 is 4.90 Å². The molecule has 1 amide bonds. The fourth-order valence-corrected chi connectivity index (χ4v) is 9.34. The van der Waals surface area contributed by atoms with E-state index in [0.29, 0.717) is 18.0 Å². The number of aryl methyl sites for hydroxylation is 2. The van der Waals surface area contributed by atoms with Crippen molar-refractivity contribution in [3.63, 3.8) is 0 Å². The van der Waals surface area contributed by atoms with Crippen LogP contribution in [0.4, 0.5) is 0 Å². The van der Waals surface area contributed by atoms with Crippen LogP contribution in [0.3, 0.4) is 0 Å². The van der Waals surface area contributed by atoms with Gasteiger partial charge >= 0.3 is 0 Å². The molecule has 9 heteroatoms. The minimum atomic E-state index is -3.09. The lowest BCUT2D eigenvalue weighted by Crippen LogP contribution is -2.60. The fraction of sp³-hybridized carbons (Fsp3) is 0.828. The molecule has 4 fully saturated rings. The molecule has 38 heavy (non-hydrogen) atoms. The van der Waals surface area contributed by atoms with E-state index in [1.54, 1.807) is 0 Å². The molecule has 1 atom stereocenters. The van der Waals surface area contributed by atoms with E-state index in [0.717, 1.165) is 102 Å². The van der Waals surface area contributed by atoms with Gasteiger partial charge in [-0.1, -0.05) is 19.8 Å². The number of amides is 1. The van der Waals surface area contributed by atoms with Crippen molar-refractivity contribution < 1.29 is 13.2 Å². The topological polar surface area (TPSA) is 86.7 Å². The third kappa shape index (κ3) is 5.27. The first-order valence-electron chi connectivity index (χ1n) is 14.9. The molecule has 0 aromatic carbocycles. The number of nitrogens with zero attached hydrogens (tertiary/aromatic N) is 5. The van der Waals surface area contributed by atoms with Crippen LogP contribution in [0.2, 0.25) is 0 Å². The molecule has 1 aliphatic carbocycles. The van der Waals surface area contributed by atoms with E-state index in [2.05, 4.69) is 28.7 Å². The van der Waals surface area contributed by atoms with Crippen LogP contribution < -0.4 is 0 Å². The Labute approximate surface area is 229 Å². The minimum Gasteiger partial charge on any atom is -0.338 e. The van der Waals surface area contributed by atoms with Gasteiger partial charge in [0.2, 0.25) is 10.0 Å². The maximum atomic E-state index is 13.3. The van der Waals surface area contributed by atoms with E-state index in [1.165, 1.54) is 12.7 Å². The van der Waals surface area contributed by atoms with Crippen molar-refractivity contribution in [3.05, 3.63) is 23.3 Å². The van der Waals surface area contributed by atoms with Gasteiger partial charge in [-0.25, -0.2) is 22.7 Å². The third-order valence-corrected chi connectivity index (χ3v) is 12.8. The molecule has 1 saturated carbocycles. The Morgan fingerprint density at radius 2 is 1.58 bits per heavy atom. The quantitative estimate of drug-likeness (QED) is 0.511. The lowest BCUT2D eigenvalue weighted by Gasteiger charge is -2.56. The second-order valence-corrected chi connectivity index (χ2v) is 15.0. The molecule has 1 aromatic rings. The smallest absolute Gasteiger partial charge is 0.257 e. The minimum absolute atomic E-state index is 0.0620. The van der Waals surface area contributed by atoms with Crippen LogP contribution in [0.25, 0.3) is 0 Å². The van der Waals surface area contributed by atoms with Gasteiger partial charge in [-0.05, 0) is 96.6 Å². The Morgan fingerprint density at radius 1 is 0.974 bits per heavy atom. The number of hydrogen-bond donors (Lipinski definition) is 0. The van der Waals surface area contributed by atoms with Gasteiger partial charge in [0, 0.05) is 31.7 Å². The second-order valence-electron chi connectivity index (χ2n) is 12.7. The van der Waals surface area contributed by atoms with Crippen molar-refractivity contribution >= 4 is 15.9 Å². The van der Waals surface area contributed by atoms with Crippen molar-refractivity contribution in [3.8, 4) is 0 Å². The summed E-state index contributed by atoms with van der Waals surface area (Å²) in [7, 11) is -3.09. The molecule has 8 nitrogen and oxygen atoms in total. The molecule has 1 unspecified atom stereocenters. The molecule has 0 bridgehead atoms. The normalized spacial score (nSPS) is 26.5. The second kappa shape index (κ2) is 10.8. The van der Waals surface area contributed by atoms with E-state index in [9.17, 15) is 13.2 Å². The number of unbranched alkanes of at least 4 members (excludes halogenated alkanes) is 1. The lowest BCUT2D eigenvalue weighted by molar-refractivity contribution is -0.0483. The zero-order chi connectivity index (χ0) is 27.1. The number of hydrogen-bond acceptors (Lipinski definition) is 6. The molecule has 5 rings (SSSR count). The Morgan fingerprint density at radius 3 is 2.16 bits per heavy atom. The molecular formula is C29H47N5O3S. The van der Waals surface area contributed by atoms with Crippen molar-refractivity contribution in [2.45, 2.75) is 103 Å². The summed E-state index contributed by atoms with van der Waals surface area (Å²) in [5.74, 6) is 0.533. The molecule has 4 heterocycles. The van der Waals surface area contributed by atoms with Gasteiger partial charge in [-0.3, -0.25) is 9.69 Å². The van der Waals surface area contributed by atoms with E-state index in [1.807, 2.05) is 23.1 Å². The summed E-state index contributed by atoms with van der Waals surface area (Å²) in [6, 6.07) is 0. The SMILES string of the molecule is CCCCC1CN(S(=O)(=O)C2CC2)CCC12CCN(C1(C)CCN(C(=O)c3c(C)ncnc3C)CC1)CC2. The van der Waals surface area contributed by atoms with Crippen LogP contribution >= 0.6 is 0 Å². The molecule has 3 saturated heterocycles. The average molecular weight is 546 g/mol. The van der Waals surface area contributed by atoms with Crippen molar-refractivity contribution in [1.82, 2.24) is 24.1 Å². The predicted octanol–water partition coefficient (Wildman–Crippen LogP) is 4.17. The molecule has 0 radical (unpaired) electrons. The van der Waals surface area contributed by atoms with Crippen LogP contribution in [0, 0.1) is 25.2 Å². The summed E-state index contributed by atoms with van der Waals surface area (Å²) >= 11 is 0. The monoisotopic (exact) mass is 545 g/mol.